The highest BCUT2D eigenvalue weighted by molar-refractivity contribution is 6.11. The van der Waals surface area contributed by atoms with E-state index < -0.39 is 0 Å². The largest absolute Gasteiger partial charge is 0.506 e. The van der Waals surface area contributed by atoms with E-state index in [4.69, 9.17) is 0 Å². The fraction of sp³-hybridized carbons (Fsp3) is 0.250. The normalized spacial score (nSPS) is 13.9. The van der Waals surface area contributed by atoms with Crippen molar-refractivity contribution in [1.82, 2.24) is 0 Å². The summed E-state index contributed by atoms with van der Waals surface area (Å²) >= 11 is 0. The Labute approximate surface area is 112 Å². The van der Waals surface area contributed by atoms with E-state index in [1.165, 1.54) is 13.0 Å². The number of ketones is 2. The average Bonchev–Trinajstić information content (AvgIpc) is 2.69. The maximum Gasteiger partial charge on any atom is 0.189 e. The molecule has 1 N–H and O–H groups in total. The van der Waals surface area contributed by atoms with Gasteiger partial charge >= 0.3 is 0 Å². The fourth-order valence-electron chi connectivity index (χ4n) is 2.51. The number of hydrogen-bond acceptors (Lipinski definition) is 3. The molecule has 0 bridgehead atoms. The van der Waals surface area contributed by atoms with Crippen molar-refractivity contribution in [3.63, 3.8) is 0 Å². The van der Waals surface area contributed by atoms with E-state index in [9.17, 15) is 14.7 Å². The monoisotopic (exact) mass is 256 g/mol. The van der Waals surface area contributed by atoms with E-state index in [1.54, 1.807) is 19.1 Å². The van der Waals surface area contributed by atoms with E-state index in [0.29, 0.717) is 6.42 Å². The SMILES string of the molecule is C=C1CCc2c1cc(C(=O)/C=C/C)c(O)c2C(C)=O. The number of carbonyl (C=O) groups is 2. The summed E-state index contributed by atoms with van der Waals surface area (Å²) in [6.45, 7) is 7.08. The number of hydrogen-bond donors (Lipinski definition) is 1. The molecule has 0 atom stereocenters. The van der Waals surface area contributed by atoms with Crippen LogP contribution in [0.15, 0.2) is 24.8 Å². The Balaban J connectivity index is 2.75. The third-order valence-corrected chi connectivity index (χ3v) is 3.40. The number of phenols is 1. The van der Waals surface area contributed by atoms with Gasteiger partial charge < -0.3 is 5.11 Å². The average molecular weight is 256 g/mol. The number of allylic oxidation sites excluding steroid dienone is 3. The Bertz CT molecular complexity index is 621. The lowest BCUT2D eigenvalue weighted by atomic mass is 9.93. The molecule has 1 aromatic rings. The molecule has 0 aliphatic heterocycles. The van der Waals surface area contributed by atoms with Crippen molar-refractivity contribution in [1.29, 1.82) is 0 Å². The number of phenolic OH excluding ortho intramolecular Hbond substituents is 1. The predicted molar refractivity (Wildman–Crippen MR) is 74.6 cm³/mol. The molecule has 0 unspecified atom stereocenters. The van der Waals surface area contributed by atoms with Gasteiger partial charge in [-0.2, -0.15) is 0 Å². The molecule has 0 heterocycles. The Hall–Kier alpha value is -2.16. The van der Waals surface area contributed by atoms with Crippen LogP contribution in [0.25, 0.3) is 5.57 Å². The summed E-state index contributed by atoms with van der Waals surface area (Å²) < 4.78 is 0. The van der Waals surface area contributed by atoms with Crippen LogP contribution in [0.3, 0.4) is 0 Å². The topological polar surface area (TPSA) is 54.4 Å². The predicted octanol–water partition coefficient (Wildman–Crippen LogP) is 3.31. The van der Waals surface area contributed by atoms with Gasteiger partial charge in [0.25, 0.3) is 0 Å². The number of carbonyl (C=O) groups excluding carboxylic acids is 2. The van der Waals surface area contributed by atoms with E-state index in [0.717, 1.165) is 23.1 Å². The summed E-state index contributed by atoms with van der Waals surface area (Å²) in [5.74, 6) is -0.729. The van der Waals surface area contributed by atoms with Crippen molar-refractivity contribution in [3.8, 4) is 5.75 Å². The van der Waals surface area contributed by atoms with Gasteiger partial charge in [-0.3, -0.25) is 9.59 Å². The lowest BCUT2D eigenvalue weighted by Gasteiger charge is -2.12. The Morgan fingerprint density at radius 2 is 2.05 bits per heavy atom. The summed E-state index contributed by atoms with van der Waals surface area (Å²) in [6.07, 6.45) is 4.44. The summed E-state index contributed by atoms with van der Waals surface area (Å²) in [7, 11) is 0. The molecule has 0 fully saturated rings. The number of fused-ring (bicyclic) bond motifs is 1. The number of benzene rings is 1. The van der Waals surface area contributed by atoms with E-state index >= 15 is 0 Å². The molecule has 0 radical (unpaired) electrons. The van der Waals surface area contributed by atoms with Gasteiger partial charge in [0.2, 0.25) is 0 Å². The minimum atomic E-state index is -0.301. The standard InChI is InChI=1S/C16H16O3/c1-4-5-14(18)13-8-12-9(2)6-7-11(12)15(10(3)17)16(13)19/h4-5,8,19H,2,6-7H2,1,3H3/b5-4+. The molecule has 3 nitrogen and oxygen atoms in total. The van der Waals surface area contributed by atoms with Crippen LogP contribution < -0.4 is 0 Å². The highest BCUT2D eigenvalue weighted by Crippen LogP contribution is 2.39. The third-order valence-electron chi connectivity index (χ3n) is 3.40. The third kappa shape index (κ3) is 2.12. The fourth-order valence-corrected chi connectivity index (χ4v) is 2.51. The second-order valence-electron chi connectivity index (χ2n) is 4.70. The molecule has 1 aromatic carbocycles. The van der Waals surface area contributed by atoms with Crippen LogP contribution in [0.2, 0.25) is 0 Å². The Kier molecular flexibility index (Phi) is 3.38. The van der Waals surface area contributed by atoms with Crippen molar-refractivity contribution < 1.29 is 14.7 Å². The van der Waals surface area contributed by atoms with E-state index in [1.807, 2.05) is 0 Å². The molecule has 19 heavy (non-hydrogen) atoms. The zero-order valence-corrected chi connectivity index (χ0v) is 11.1. The maximum absolute atomic E-state index is 12.0. The van der Waals surface area contributed by atoms with Gasteiger partial charge in [-0.25, -0.2) is 0 Å². The number of Topliss-reactive ketones (excluding diaryl/α,β-unsaturated/α-hetero) is 1. The molecule has 3 heteroatoms. The van der Waals surface area contributed by atoms with Gasteiger partial charge in [0, 0.05) is 0 Å². The molecule has 0 saturated carbocycles. The van der Waals surface area contributed by atoms with Gasteiger partial charge in [0.05, 0.1) is 11.1 Å². The van der Waals surface area contributed by atoms with Crippen LogP contribution >= 0.6 is 0 Å². The van der Waals surface area contributed by atoms with Gasteiger partial charge in [0.1, 0.15) is 5.75 Å². The number of rotatable bonds is 3. The molecule has 1 aliphatic carbocycles. The molecule has 1 aliphatic rings. The van der Waals surface area contributed by atoms with Crippen molar-refractivity contribution in [2.45, 2.75) is 26.7 Å². The molecule has 0 amide bonds. The molecule has 0 spiro atoms. The lowest BCUT2D eigenvalue weighted by molar-refractivity contribution is 0.101. The quantitative estimate of drug-likeness (QED) is 0.666. The van der Waals surface area contributed by atoms with Gasteiger partial charge in [-0.15, -0.1) is 0 Å². The van der Waals surface area contributed by atoms with Gasteiger partial charge in [0.15, 0.2) is 11.6 Å². The zero-order valence-electron chi connectivity index (χ0n) is 11.1. The molecule has 98 valence electrons. The summed E-state index contributed by atoms with van der Waals surface area (Å²) in [5, 5.41) is 10.2. The first-order chi connectivity index (χ1) is 8.97. The van der Waals surface area contributed by atoms with Crippen LogP contribution in [0.5, 0.6) is 5.75 Å². The minimum absolute atomic E-state index is 0.171. The summed E-state index contributed by atoms with van der Waals surface area (Å²) in [5.41, 5.74) is 2.99. The van der Waals surface area contributed by atoms with Gasteiger partial charge in [-0.05, 0) is 55.5 Å². The van der Waals surface area contributed by atoms with Crippen molar-refractivity contribution in [2.75, 3.05) is 0 Å². The van der Waals surface area contributed by atoms with Crippen LogP contribution in [0.4, 0.5) is 0 Å². The maximum atomic E-state index is 12.0. The van der Waals surface area contributed by atoms with Crippen molar-refractivity contribution in [3.05, 3.63) is 47.1 Å². The van der Waals surface area contributed by atoms with Crippen molar-refractivity contribution in [2.24, 2.45) is 0 Å². The highest BCUT2D eigenvalue weighted by Gasteiger charge is 2.27. The second-order valence-corrected chi connectivity index (χ2v) is 4.70. The van der Waals surface area contributed by atoms with Crippen LogP contribution in [-0.4, -0.2) is 16.7 Å². The Morgan fingerprint density at radius 3 is 2.63 bits per heavy atom. The van der Waals surface area contributed by atoms with E-state index in [-0.39, 0.29) is 28.4 Å². The molecule has 0 saturated heterocycles. The zero-order chi connectivity index (χ0) is 14.2. The van der Waals surface area contributed by atoms with Gasteiger partial charge in [-0.1, -0.05) is 12.7 Å². The first-order valence-corrected chi connectivity index (χ1v) is 6.22. The first kappa shape index (κ1) is 13.3. The molecular formula is C16H16O3. The van der Waals surface area contributed by atoms with Crippen molar-refractivity contribution >= 4 is 17.1 Å². The highest BCUT2D eigenvalue weighted by atomic mass is 16.3. The smallest absolute Gasteiger partial charge is 0.189 e. The summed E-state index contributed by atoms with van der Waals surface area (Å²) in [4.78, 5) is 23.7. The Morgan fingerprint density at radius 1 is 1.37 bits per heavy atom. The van der Waals surface area contributed by atoms with Crippen LogP contribution in [0.1, 0.15) is 52.1 Å². The summed E-state index contributed by atoms with van der Waals surface area (Å²) in [6, 6.07) is 1.65. The number of aromatic hydroxyl groups is 1. The van der Waals surface area contributed by atoms with E-state index in [2.05, 4.69) is 6.58 Å². The first-order valence-electron chi connectivity index (χ1n) is 6.22. The molecule has 0 aromatic heterocycles. The van der Waals surface area contributed by atoms with Crippen LogP contribution in [-0.2, 0) is 6.42 Å². The minimum Gasteiger partial charge on any atom is -0.506 e. The molecular weight excluding hydrogens is 240 g/mol. The molecule has 2 rings (SSSR count). The second kappa shape index (κ2) is 4.84. The van der Waals surface area contributed by atoms with Crippen LogP contribution in [0, 0.1) is 0 Å². The lowest BCUT2D eigenvalue weighted by Crippen LogP contribution is -2.05.